The maximum atomic E-state index is 9.31. The number of likely N-dealkylation sites (N-methyl/N-ethyl adjacent to an activating group) is 1. The van der Waals surface area contributed by atoms with Crippen LogP contribution in [0.15, 0.2) is 0 Å². The average Bonchev–Trinajstić information content (AvgIpc) is 2.37. The second kappa shape index (κ2) is 7.40. The van der Waals surface area contributed by atoms with Gasteiger partial charge < -0.3 is 20.0 Å². The van der Waals surface area contributed by atoms with E-state index in [1.807, 2.05) is 6.92 Å². The van der Waals surface area contributed by atoms with Gasteiger partial charge in [-0.3, -0.25) is 4.90 Å². The lowest BCUT2D eigenvalue weighted by Crippen LogP contribution is -2.51. The minimum absolute atomic E-state index is 0.0460. The van der Waals surface area contributed by atoms with E-state index in [4.69, 9.17) is 0 Å². The fourth-order valence-corrected chi connectivity index (χ4v) is 2.20. The Balaban J connectivity index is 2.26. The van der Waals surface area contributed by atoms with E-state index in [0.29, 0.717) is 0 Å². The maximum Gasteiger partial charge on any atom is 0.0519 e. The second-order valence-corrected chi connectivity index (χ2v) is 6.05. The Hall–Kier alpha value is -0.200. The lowest BCUT2D eigenvalue weighted by Gasteiger charge is -2.39. The highest BCUT2D eigenvalue weighted by molar-refractivity contribution is 4.80. The molecule has 2 N–H and O–H groups in total. The topological polar surface area (TPSA) is 50.2 Å². The number of rotatable bonds is 7. The molecule has 1 heterocycles. The van der Waals surface area contributed by atoms with Crippen molar-refractivity contribution < 1.29 is 10.2 Å². The summed E-state index contributed by atoms with van der Waals surface area (Å²) in [5.74, 6) is 0. The molecule has 1 aliphatic heterocycles. The molecule has 1 rings (SSSR count). The zero-order valence-corrected chi connectivity index (χ0v) is 12.1. The van der Waals surface area contributed by atoms with Gasteiger partial charge in [0.15, 0.2) is 0 Å². The number of hydrogen-bond acceptors (Lipinski definition) is 5. The van der Waals surface area contributed by atoms with Crippen LogP contribution in [0.1, 0.15) is 6.92 Å². The first-order valence-corrected chi connectivity index (χ1v) is 6.80. The molecule has 0 aliphatic carbocycles. The van der Waals surface area contributed by atoms with Gasteiger partial charge in [-0.2, -0.15) is 0 Å². The molecule has 0 atom stereocenters. The van der Waals surface area contributed by atoms with Gasteiger partial charge in [0.05, 0.1) is 13.2 Å². The molecular weight excluding hydrogens is 230 g/mol. The van der Waals surface area contributed by atoms with Crippen LogP contribution in [0.3, 0.4) is 0 Å². The number of aliphatic hydroxyl groups excluding tert-OH is 2. The van der Waals surface area contributed by atoms with Gasteiger partial charge in [0.1, 0.15) is 0 Å². The van der Waals surface area contributed by atoms with Crippen LogP contribution in [0.2, 0.25) is 0 Å². The van der Waals surface area contributed by atoms with Crippen molar-refractivity contribution in [1.29, 1.82) is 0 Å². The standard InChI is InChI=1S/C13H29N3O2/c1-13(11-17,12-18)10-16-8-6-15(7-9-16)5-4-14(2)3/h17-18H,4-12H2,1-3H3. The van der Waals surface area contributed by atoms with Gasteiger partial charge in [0.2, 0.25) is 0 Å². The summed E-state index contributed by atoms with van der Waals surface area (Å²) >= 11 is 0. The smallest absolute Gasteiger partial charge is 0.0519 e. The van der Waals surface area contributed by atoms with Crippen LogP contribution < -0.4 is 0 Å². The molecule has 0 saturated carbocycles. The first-order valence-electron chi connectivity index (χ1n) is 6.80. The molecule has 5 heteroatoms. The Kier molecular flexibility index (Phi) is 6.52. The fraction of sp³-hybridized carbons (Fsp3) is 1.00. The molecule has 0 radical (unpaired) electrons. The van der Waals surface area contributed by atoms with E-state index in [1.165, 1.54) is 0 Å². The van der Waals surface area contributed by atoms with Gasteiger partial charge in [-0.15, -0.1) is 0 Å². The second-order valence-electron chi connectivity index (χ2n) is 6.05. The van der Waals surface area contributed by atoms with E-state index >= 15 is 0 Å². The van der Waals surface area contributed by atoms with Crippen molar-refractivity contribution >= 4 is 0 Å². The zero-order chi connectivity index (χ0) is 13.6. The maximum absolute atomic E-state index is 9.31. The van der Waals surface area contributed by atoms with Crippen molar-refractivity contribution in [2.75, 3.05) is 73.1 Å². The van der Waals surface area contributed by atoms with E-state index in [1.54, 1.807) is 0 Å². The summed E-state index contributed by atoms with van der Waals surface area (Å²) in [6.45, 7) is 9.26. The summed E-state index contributed by atoms with van der Waals surface area (Å²) in [5.41, 5.74) is -0.369. The molecule has 1 fully saturated rings. The summed E-state index contributed by atoms with van der Waals surface area (Å²) < 4.78 is 0. The third-order valence-electron chi connectivity index (χ3n) is 3.70. The molecule has 5 nitrogen and oxygen atoms in total. The predicted molar refractivity (Wildman–Crippen MR) is 73.7 cm³/mol. The Labute approximate surface area is 111 Å². The van der Waals surface area contributed by atoms with Crippen LogP contribution in [0.4, 0.5) is 0 Å². The van der Waals surface area contributed by atoms with Crippen molar-refractivity contribution in [2.45, 2.75) is 6.92 Å². The summed E-state index contributed by atoms with van der Waals surface area (Å²) in [4.78, 5) is 7.03. The molecule has 108 valence electrons. The molecule has 1 saturated heterocycles. The van der Waals surface area contributed by atoms with Crippen molar-refractivity contribution in [3.05, 3.63) is 0 Å². The average molecular weight is 259 g/mol. The van der Waals surface area contributed by atoms with E-state index in [0.717, 1.165) is 45.8 Å². The van der Waals surface area contributed by atoms with Gasteiger partial charge in [-0.05, 0) is 14.1 Å². The number of nitrogens with zero attached hydrogens (tertiary/aromatic N) is 3. The molecule has 0 aromatic carbocycles. The van der Waals surface area contributed by atoms with Gasteiger partial charge in [-0.25, -0.2) is 0 Å². The molecular formula is C13H29N3O2. The Morgan fingerprint density at radius 1 is 1.00 bits per heavy atom. The minimum Gasteiger partial charge on any atom is -0.396 e. The highest BCUT2D eigenvalue weighted by atomic mass is 16.3. The Bertz CT molecular complexity index is 224. The van der Waals surface area contributed by atoms with Crippen molar-refractivity contribution in [1.82, 2.24) is 14.7 Å². The third kappa shape index (κ3) is 5.20. The molecule has 0 bridgehead atoms. The van der Waals surface area contributed by atoms with Crippen LogP contribution in [0.25, 0.3) is 0 Å². The van der Waals surface area contributed by atoms with E-state index in [9.17, 15) is 10.2 Å². The van der Waals surface area contributed by atoms with Crippen LogP contribution in [0, 0.1) is 5.41 Å². The normalized spacial score (nSPS) is 19.7. The Morgan fingerprint density at radius 3 is 1.94 bits per heavy atom. The third-order valence-corrected chi connectivity index (χ3v) is 3.70. The van der Waals surface area contributed by atoms with Crippen molar-refractivity contribution in [3.8, 4) is 0 Å². The highest BCUT2D eigenvalue weighted by Gasteiger charge is 2.27. The Morgan fingerprint density at radius 2 is 1.50 bits per heavy atom. The molecule has 18 heavy (non-hydrogen) atoms. The number of piperazine rings is 1. The van der Waals surface area contributed by atoms with Crippen LogP contribution in [-0.2, 0) is 0 Å². The number of aliphatic hydroxyl groups is 2. The molecule has 0 unspecified atom stereocenters. The lowest BCUT2D eigenvalue weighted by molar-refractivity contribution is 0.0183. The first kappa shape index (κ1) is 15.9. The molecule has 0 aromatic rings. The molecule has 0 spiro atoms. The highest BCUT2D eigenvalue weighted by Crippen LogP contribution is 2.17. The van der Waals surface area contributed by atoms with E-state index < -0.39 is 0 Å². The summed E-state index contributed by atoms with van der Waals surface area (Å²) in [7, 11) is 4.20. The van der Waals surface area contributed by atoms with Crippen LogP contribution in [-0.4, -0.2) is 98.0 Å². The van der Waals surface area contributed by atoms with Crippen LogP contribution in [0.5, 0.6) is 0 Å². The molecule has 0 amide bonds. The summed E-state index contributed by atoms with van der Waals surface area (Å²) in [6, 6.07) is 0. The number of hydrogen-bond donors (Lipinski definition) is 2. The van der Waals surface area contributed by atoms with Crippen molar-refractivity contribution in [2.24, 2.45) is 5.41 Å². The van der Waals surface area contributed by atoms with Crippen molar-refractivity contribution in [3.63, 3.8) is 0 Å². The summed E-state index contributed by atoms with van der Waals surface area (Å²) in [5, 5.41) is 18.6. The quantitative estimate of drug-likeness (QED) is 0.624. The predicted octanol–water partition coefficient (Wildman–Crippen LogP) is -0.843. The minimum atomic E-state index is -0.369. The first-order chi connectivity index (χ1) is 8.49. The van der Waals surface area contributed by atoms with Gasteiger partial charge in [0, 0.05) is 51.2 Å². The van der Waals surface area contributed by atoms with Gasteiger partial charge >= 0.3 is 0 Å². The van der Waals surface area contributed by atoms with Crippen LogP contribution >= 0.6 is 0 Å². The lowest BCUT2D eigenvalue weighted by atomic mass is 9.92. The SMILES string of the molecule is CN(C)CCN1CCN(CC(C)(CO)CO)CC1. The summed E-state index contributed by atoms with van der Waals surface area (Å²) in [6.07, 6.45) is 0. The van der Waals surface area contributed by atoms with E-state index in [-0.39, 0.29) is 18.6 Å². The van der Waals surface area contributed by atoms with Gasteiger partial charge in [-0.1, -0.05) is 6.92 Å². The van der Waals surface area contributed by atoms with Gasteiger partial charge in [0.25, 0.3) is 0 Å². The zero-order valence-electron chi connectivity index (χ0n) is 12.1. The van der Waals surface area contributed by atoms with E-state index in [2.05, 4.69) is 28.8 Å². The molecule has 0 aromatic heterocycles. The monoisotopic (exact) mass is 259 g/mol. The largest absolute Gasteiger partial charge is 0.396 e. The fourth-order valence-electron chi connectivity index (χ4n) is 2.20. The molecule has 1 aliphatic rings.